The number of nitrogens with zero attached hydrogens (tertiary/aromatic N) is 3. The topological polar surface area (TPSA) is 63.0 Å². The Morgan fingerprint density at radius 1 is 1.20 bits per heavy atom. The Labute approximate surface area is 120 Å². The summed E-state index contributed by atoms with van der Waals surface area (Å²) < 4.78 is 1.87. The van der Waals surface area contributed by atoms with E-state index in [0.717, 1.165) is 29.4 Å². The molecule has 0 unspecified atom stereocenters. The first-order valence-electron chi connectivity index (χ1n) is 6.32. The SMILES string of the molecule is Cc1cc(=O)[nH]c2nnc(CCc3ccc(Cl)cc3)n12. The number of H-pyrrole nitrogens is 1. The molecule has 0 spiro atoms. The van der Waals surface area contributed by atoms with Crippen LogP contribution >= 0.6 is 11.6 Å². The van der Waals surface area contributed by atoms with Crippen molar-refractivity contribution in [2.75, 3.05) is 0 Å². The van der Waals surface area contributed by atoms with E-state index in [-0.39, 0.29) is 5.56 Å². The molecule has 20 heavy (non-hydrogen) atoms. The van der Waals surface area contributed by atoms with E-state index in [9.17, 15) is 4.79 Å². The van der Waals surface area contributed by atoms with Crippen molar-refractivity contribution >= 4 is 17.4 Å². The van der Waals surface area contributed by atoms with Gasteiger partial charge in [-0.15, -0.1) is 10.2 Å². The van der Waals surface area contributed by atoms with Crippen molar-refractivity contribution in [2.24, 2.45) is 0 Å². The number of hydrogen-bond donors (Lipinski definition) is 1. The number of benzene rings is 1. The van der Waals surface area contributed by atoms with Crippen LogP contribution in [0.2, 0.25) is 5.02 Å². The van der Waals surface area contributed by atoms with Crippen LogP contribution in [-0.4, -0.2) is 19.6 Å². The smallest absolute Gasteiger partial charge is 0.252 e. The zero-order valence-electron chi connectivity index (χ0n) is 10.9. The predicted molar refractivity (Wildman–Crippen MR) is 77.2 cm³/mol. The fourth-order valence-corrected chi connectivity index (χ4v) is 2.36. The molecule has 3 rings (SSSR count). The normalized spacial score (nSPS) is 11.1. The molecule has 0 amide bonds. The van der Waals surface area contributed by atoms with Gasteiger partial charge in [-0.1, -0.05) is 23.7 Å². The molecule has 102 valence electrons. The molecule has 1 aromatic carbocycles. The fraction of sp³-hybridized carbons (Fsp3) is 0.214. The second-order valence-electron chi connectivity index (χ2n) is 4.68. The molecule has 0 aliphatic carbocycles. The number of rotatable bonds is 3. The molecule has 0 saturated carbocycles. The Morgan fingerprint density at radius 2 is 1.95 bits per heavy atom. The molecule has 5 nitrogen and oxygen atoms in total. The van der Waals surface area contributed by atoms with Gasteiger partial charge in [0.2, 0.25) is 5.78 Å². The summed E-state index contributed by atoms with van der Waals surface area (Å²) in [6.45, 7) is 1.87. The molecule has 0 radical (unpaired) electrons. The maximum atomic E-state index is 11.4. The van der Waals surface area contributed by atoms with E-state index in [1.54, 1.807) is 6.07 Å². The molecule has 0 atom stereocenters. The lowest BCUT2D eigenvalue weighted by Gasteiger charge is -2.03. The van der Waals surface area contributed by atoms with E-state index in [1.165, 1.54) is 5.56 Å². The third-order valence-corrected chi connectivity index (χ3v) is 3.46. The fourth-order valence-electron chi connectivity index (χ4n) is 2.24. The van der Waals surface area contributed by atoms with Crippen LogP contribution in [0, 0.1) is 6.92 Å². The number of aromatic amines is 1. The van der Waals surface area contributed by atoms with Gasteiger partial charge in [0.25, 0.3) is 5.56 Å². The summed E-state index contributed by atoms with van der Waals surface area (Å²) in [5, 5.41) is 8.88. The first-order valence-corrected chi connectivity index (χ1v) is 6.69. The number of halogens is 1. The average molecular weight is 289 g/mol. The van der Waals surface area contributed by atoms with Gasteiger partial charge in [-0.05, 0) is 31.0 Å². The van der Waals surface area contributed by atoms with Crippen LogP contribution in [0.3, 0.4) is 0 Å². The molecule has 2 aromatic heterocycles. The van der Waals surface area contributed by atoms with Crippen molar-refractivity contribution in [3.63, 3.8) is 0 Å². The minimum absolute atomic E-state index is 0.161. The molecule has 0 fully saturated rings. The number of hydrogen-bond acceptors (Lipinski definition) is 3. The van der Waals surface area contributed by atoms with Gasteiger partial charge in [0.1, 0.15) is 5.82 Å². The summed E-state index contributed by atoms with van der Waals surface area (Å²) in [4.78, 5) is 14.0. The first kappa shape index (κ1) is 12.9. The molecule has 0 saturated heterocycles. The highest BCUT2D eigenvalue weighted by molar-refractivity contribution is 6.30. The van der Waals surface area contributed by atoms with Crippen LogP contribution in [0.4, 0.5) is 0 Å². The van der Waals surface area contributed by atoms with Crippen molar-refractivity contribution in [3.8, 4) is 0 Å². The monoisotopic (exact) mass is 288 g/mol. The largest absolute Gasteiger partial charge is 0.291 e. The summed E-state index contributed by atoms with van der Waals surface area (Å²) in [6.07, 6.45) is 1.59. The summed E-state index contributed by atoms with van der Waals surface area (Å²) in [5.74, 6) is 1.32. The second-order valence-corrected chi connectivity index (χ2v) is 5.11. The van der Waals surface area contributed by atoms with Gasteiger partial charge in [-0.2, -0.15) is 0 Å². The third kappa shape index (κ3) is 2.44. The van der Waals surface area contributed by atoms with Crippen molar-refractivity contribution in [3.05, 3.63) is 62.8 Å². The molecule has 2 heterocycles. The molecular formula is C14H13ClN4O. The standard InChI is InChI=1S/C14H13ClN4O/c1-9-8-13(20)16-14-18-17-12(19(9)14)7-4-10-2-5-11(15)6-3-10/h2-3,5-6,8H,4,7H2,1H3,(H,16,18,20). The summed E-state index contributed by atoms with van der Waals surface area (Å²) in [5.41, 5.74) is 1.86. The Hall–Kier alpha value is -2.14. The summed E-state index contributed by atoms with van der Waals surface area (Å²) >= 11 is 5.86. The molecule has 3 aromatic rings. The zero-order chi connectivity index (χ0) is 14.1. The lowest BCUT2D eigenvalue weighted by molar-refractivity contribution is 0.825. The molecule has 1 N–H and O–H groups in total. The van der Waals surface area contributed by atoms with Gasteiger partial charge >= 0.3 is 0 Å². The summed E-state index contributed by atoms with van der Waals surface area (Å²) in [7, 11) is 0. The Morgan fingerprint density at radius 3 is 2.70 bits per heavy atom. The van der Waals surface area contributed by atoms with Crippen LogP contribution in [0.1, 0.15) is 17.1 Å². The molecule has 0 bridgehead atoms. The quantitative estimate of drug-likeness (QED) is 0.803. The van der Waals surface area contributed by atoms with E-state index >= 15 is 0 Å². The molecule has 6 heteroatoms. The van der Waals surface area contributed by atoms with E-state index in [2.05, 4.69) is 15.2 Å². The average Bonchev–Trinajstić information content (AvgIpc) is 2.81. The van der Waals surface area contributed by atoms with Crippen LogP contribution in [-0.2, 0) is 12.8 Å². The van der Waals surface area contributed by atoms with Crippen LogP contribution < -0.4 is 5.56 Å². The minimum Gasteiger partial charge on any atom is -0.291 e. The van der Waals surface area contributed by atoms with Gasteiger partial charge in [0.05, 0.1) is 0 Å². The number of aromatic nitrogens is 4. The molecule has 0 aliphatic rings. The van der Waals surface area contributed by atoms with Gasteiger partial charge in [0, 0.05) is 23.2 Å². The number of fused-ring (bicyclic) bond motifs is 1. The van der Waals surface area contributed by atoms with E-state index in [0.29, 0.717) is 5.78 Å². The molecular weight excluding hydrogens is 276 g/mol. The number of nitrogens with one attached hydrogen (secondary N) is 1. The first-order chi connectivity index (χ1) is 9.63. The van der Waals surface area contributed by atoms with Crippen molar-refractivity contribution in [1.29, 1.82) is 0 Å². The Balaban J connectivity index is 1.88. The third-order valence-electron chi connectivity index (χ3n) is 3.21. The maximum Gasteiger partial charge on any atom is 0.252 e. The predicted octanol–water partition coefficient (Wildman–Crippen LogP) is 2.16. The van der Waals surface area contributed by atoms with Crippen LogP contribution in [0.5, 0.6) is 0 Å². The van der Waals surface area contributed by atoms with Crippen molar-refractivity contribution in [2.45, 2.75) is 19.8 Å². The van der Waals surface area contributed by atoms with Crippen LogP contribution in [0.15, 0.2) is 35.1 Å². The van der Waals surface area contributed by atoms with Crippen LogP contribution in [0.25, 0.3) is 5.78 Å². The van der Waals surface area contributed by atoms with Crippen molar-refractivity contribution < 1.29 is 0 Å². The highest BCUT2D eigenvalue weighted by Crippen LogP contribution is 2.12. The minimum atomic E-state index is -0.161. The van der Waals surface area contributed by atoms with E-state index in [4.69, 9.17) is 11.6 Å². The summed E-state index contributed by atoms with van der Waals surface area (Å²) in [6, 6.07) is 9.30. The second kappa shape index (κ2) is 5.09. The maximum absolute atomic E-state index is 11.4. The highest BCUT2D eigenvalue weighted by Gasteiger charge is 2.08. The van der Waals surface area contributed by atoms with E-state index < -0.39 is 0 Å². The Kier molecular flexibility index (Phi) is 3.28. The van der Waals surface area contributed by atoms with Gasteiger partial charge in [-0.25, -0.2) is 0 Å². The lowest BCUT2D eigenvalue weighted by atomic mass is 10.1. The zero-order valence-corrected chi connectivity index (χ0v) is 11.7. The lowest BCUT2D eigenvalue weighted by Crippen LogP contribution is -2.11. The van der Waals surface area contributed by atoms with Gasteiger partial charge < -0.3 is 0 Å². The Bertz CT molecular complexity index is 804. The van der Waals surface area contributed by atoms with Crippen molar-refractivity contribution in [1.82, 2.24) is 19.6 Å². The van der Waals surface area contributed by atoms with Gasteiger partial charge in [-0.3, -0.25) is 14.2 Å². The molecule has 0 aliphatic heterocycles. The highest BCUT2D eigenvalue weighted by atomic mass is 35.5. The number of aryl methyl sites for hydroxylation is 3. The van der Waals surface area contributed by atoms with E-state index in [1.807, 2.05) is 35.6 Å². The van der Waals surface area contributed by atoms with Gasteiger partial charge in [0.15, 0.2) is 0 Å².